The Labute approximate surface area is 109 Å². The summed E-state index contributed by atoms with van der Waals surface area (Å²) in [6.45, 7) is 1.48. The highest BCUT2D eigenvalue weighted by Crippen LogP contribution is 2.24. The molecule has 1 aromatic carbocycles. The Morgan fingerprint density at radius 3 is 2.95 bits per heavy atom. The van der Waals surface area contributed by atoms with Crippen molar-refractivity contribution in [3.8, 4) is 6.07 Å². The number of hydrogen-bond donors (Lipinski definition) is 1. The fraction of sp³-hybridized carbons (Fsp3) is 0.333. The number of nitro benzene ring substituents is 1. The van der Waals surface area contributed by atoms with Crippen molar-refractivity contribution in [2.45, 2.75) is 6.42 Å². The monoisotopic (exact) mass is 260 g/mol. The maximum atomic E-state index is 11.5. The molecule has 0 bridgehead atoms. The first-order chi connectivity index (χ1) is 9.11. The fourth-order valence-corrected chi connectivity index (χ4v) is 2.00. The number of carbonyl (C=O) groups is 1. The minimum atomic E-state index is -0.586. The van der Waals surface area contributed by atoms with Gasteiger partial charge in [-0.15, -0.1) is 0 Å². The molecule has 0 unspecified atom stereocenters. The van der Waals surface area contributed by atoms with Crippen LogP contribution in [0, 0.1) is 21.4 Å². The zero-order chi connectivity index (χ0) is 13.8. The molecule has 1 aliphatic heterocycles. The summed E-state index contributed by atoms with van der Waals surface area (Å²) in [6, 6.07) is 6.14. The lowest BCUT2D eigenvalue weighted by atomic mass is 10.1. The zero-order valence-electron chi connectivity index (χ0n) is 10.1. The molecule has 0 saturated carbocycles. The number of anilines is 1. The van der Waals surface area contributed by atoms with E-state index in [1.807, 2.05) is 11.0 Å². The van der Waals surface area contributed by atoms with Crippen LogP contribution in [0.3, 0.4) is 0 Å². The molecule has 0 aromatic heterocycles. The zero-order valence-corrected chi connectivity index (χ0v) is 10.1. The molecule has 7 nitrogen and oxygen atoms in total. The molecule has 1 aliphatic rings. The second-order valence-electron chi connectivity index (χ2n) is 4.20. The van der Waals surface area contributed by atoms with Crippen LogP contribution in [0.5, 0.6) is 0 Å². The number of nitro groups is 1. The fourth-order valence-electron chi connectivity index (χ4n) is 2.00. The van der Waals surface area contributed by atoms with E-state index < -0.39 is 4.92 Å². The number of hydrogen-bond acceptors (Lipinski definition) is 5. The standard InChI is InChI=1S/C12H12N4O3/c13-7-9-6-10(2-3-11(9)16(18)19)15-5-1-4-14-12(17)8-15/h2-3,6H,1,4-5,8H2,(H,14,17). The largest absolute Gasteiger partial charge is 0.362 e. The van der Waals surface area contributed by atoms with E-state index in [0.717, 1.165) is 6.42 Å². The van der Waals surface area contributed by atoms with E-state index in [-0.39, 0.29) is 23.7 Å². The van der Waals surface area contributed by atoms with Gasteiger partial charge in [0, 0.05) is 24.8 Å². The molecule has 0 atom stereocenters. The average molecular weight is 260 g/mol. The average Bonchev–Trinajstić information content (AvgIpc) is 2.62. The van der Waals surface area contributed by atoms with Crippen LogP contribution in [0.15, 0.2) is 18.2 Å². The van der Waals surface area contributed by atoms with Gasteiger partial charge in [0.05, 0.1) is 11.5 Å². The molecule has 19 heavy (non-hydrogen) atoms. The second-order valence-corrected chi connectivity index (χ2v) is 4.20. The number of nitrogens with one attached hydrogen (secondary N) is 1. The predicted octanol–water partition coefficient (Wildman–Crippen LogP) is 0.793. The minimum Gasteiger partial charge on any atom is -0.362 e. The topological polar surface area (TPSA) is 99.3 Å². The van der Waals surface area contributed by atoms with E-state index in [0.29, 0.717) is 18.8 Å². The van der Waals surface area contributed by atoms with E-state index in [9.17, 15) is 14.9 Å². The summed E-state index contributed by atoms with van der Waals surface area (Å²) in [5.74, 6) is -0.0886. The maximum absolute atomic E-state index is 11.5. The molecule has 0 spiro atoms. The molecule has 7 heteroatoms. The van der Waals surface area contributed by atoms with Gasteiger partial charge in [0.15, 0.2) is 0 Å². The Hall–Kier alpha value is -2.62. The van der Waals surface area contributed by atoms with E-state index in [4.69, 9.17) is 5.26 Å². The number of benzene rings is 1. The van der Waals surface area contributed by atoms with Gasteiger partial charge in [-0.3, -0.25) is 14.9 Å². The van der Waals surface area contributed by atoms with E-state index in [1.165, 1.54) is 12.1 Å². The molecule has 2 rings (SSSR count). The highest BCUT2D eigenvalue weighted by Gasteiger charge is 2.19. The normalized spacial score (nSPS) is 15.3. The Kier molecular flexibility index (Phi) is 3.61. The Bertz CT molecular complexity index is 565. The van der Waals surface area contributed by atoms with Crippen molar-refractivity contribution in [3.63, 3.8) is 0 Å². The summed E-state index contributed by atoms with van der Waals surface area (Å²) >= 11 is 0. The predicted molar refractivity (Wildman–Crippen MR) is 67.7 cm³/mol. The first-order valence-electron chi connectivity index (χ1n) is 5.82. The number of nitriles is 1. The van der Waals surface area contributed by atoms with Crippen molar-refractivity contribution in [1.29, 1.82) is 5.26 Å². The SMILES string of the molecule is N#Cc1cc(N2CCCNC(=O)C2)ccc1[N+](=O)[O-]. The van der Waals surface area contributed by atoms with Crippen LogP contribution in [-0.4, -0.2) is 30.5 Å². The van der Waals surface area contributed by atoms with Crippen LogP contribution in [0.25, 0.3) is 0 Å². The molecular formula is C12H12N4O3. The van der Waals surface area contributed by atoms with Crippen molar-refractivity contribution in [3.05, 3.63) is 33.9 Å². The molecule has 0 radical (unpaired) electrons. The number of nitrogens with zero attached hydrogens (tertiary/aromatic N) is 3. The van der Waals surface area contributed by atoms with E-state index in [1.54, 1.807) is 6.07 Å². The molecular weight excluding hydrogens is 248 g/mol. The molecule has 1 aromatic rings. The van der Waals surface area contributed by atoms with Gasteiger partial charge in [-0.1, -0.05) is 0 Å². The Morgan fingerprint density at radius 2 is 2.26 bits per heavy atom. The van der Waals surface area contributed by atoms with Crippen molar-refractivity contribution in [1.82, 2.24) is 5.32 Å². The van der Waals surface area contributed by atoms with Crippen LogP contribution >= 0.6 is 0 Å². The van der Waals surface area contributed by atoms with Gasteiger partial charge in [-0.05, 0) is 18.6 Å². The van der Waals surface area contributed by atoms with Crippen LogP contribution in [0.2, 0.25) is 0 Å². The number of carbonyl (C=O) groups excluding carboxylic acids is 1. The lowest BCUT2D eigenvalue weighted by Gasteiger charge is -2.21. The second kappa shape index (κ2) is 5.35. The van der Waals surface area contributed by atoms with Gasteiger partial charge in [0.25, 0.3) is 5.69 Å². The third kappa shape index (κ3) is 2.80. The molecule has 1 fully saturated rings. The number of rotatable bonds is 2. The van der Waals surface area contributed by atoms with E-state index in [2.05, 4.69) is 5.32 Å². The summed E-state index contributed by atoms with van der Waals surface area (Å²) in [5, 5.41) is 22.4. The first kappa shape index (κ1) is 12.8. The summed E-state index contributed by atoms with van der Waals surface area (Å²) < 4.78 is 0. The van der Waals surface area contributed by atoms with Crippen molar-refractivity contribution in [2.24, 2.45) is 0 Å². The van der Waals surface area contributed by atoms with Crippen molar-refractivity contribution < 1.29 is 9.72 Å². The van der Waals surface area contributed by atoms with E-state index >= 15 is 0 Å². The summed E-state index contributed by atoms with van der Waals surface area (Å²) in [6.07, 6.45) is 0.796. The molecule has 0 aliphatic carbocycles. The highest BCUT2D eigenvalue weighted by atomic mass is 16.6. The highest BCUT2D eigenvalue weighted by molar-refractivity contribution is 5.82. The third-order valence-electron chi connectivity index (χ3n) is 2.92. The molecule has 1 amide bonds. The van der Waals surface area contributed by atoms with Crippen LogP contribution in [0.4, 0.5) is 11.4 Å². The third-order valence-corrected chi connectivity index (χ3v) is 2.92. The molecule has 1 N–H and O–H groups in total. The van der Waals surface area contributed by atoms with Gasteiger partial charge >= 0.3 is 0 Å². The smallest absolute Gasteiger partial charge is 0.287 e. The lowest BCUT2D eigenvalue weighted by Crippen LogP contribution is -2.33. The summed E-state index contributed by atoms with van der Waals surface area (Å²) in [7, 11) is 0. The summed E-state index contributed by atoms with van der Waals surface area (Å²) in [4.78, 5) is 23.4. The van der Waals surface area contributed by atoms with Gasteiger partial charge in [0.2, 0.25) is 5.91 Å². The van der Waals surface area contributed by atoms with Gasteiger partial charge in [-0.25, -0.2) is 0 Å². The Balaban J connectivity index is 2.32. The minimum absolute atomic E-state index is 0.00663. The quantitative estimate of drug-likeness (QED) is 0.626. The molecule has 98 valence electrons. The molecule has 1 saturated heterocycles. The van der Waals surface area contributed by atoms with Crippen molar-refractivity contribution in [2.75, 3.05) is 24.5 Å². The van der Waals surface area contributed by atoms with Crippen molar-refractivity contribution >= 4 is 17.3 Å². The van der Waals surface area contributed by atoms with Gasteiger partial charge in [0.1, 0.15) is 11.6 Å². The van der Waals surface area contributed by atoms with Crippen LogP contribution < -0.4 is 10.2 Å². The van der Waals surface area contributed by atoms with Crippen LogP contribution in [0.1, 0.15) is 12.0 Å². The molecule has 1 heterocycles. The van der Waals surface area contributed by atoms with Crippen LogP contribution in [-0.2, 0) is 4.79 Å². The first-order valence-corrected chi connectivity index (χ1v) is 5.82. The van der Waals surface area contributed by atoms with Gasteiger partial charge in [-0.2, -0.15) is 5.26 Å². The van der Waals surface area contributed by atoms with Gasteiger partial charge < -0.3 is 10.2 Å². The maximum Gasteiger partial charge on any atom is 0.287 e. The Morgan fingerprint density at radius 1 is 1.47 bits per heavy atom. The lowest BCUT2D eigenvalue weighted by molar-refractivity contribution is -0.385. The number of amides is 1. The summed E-state index contributed by atoms with van der Waals surface area (Å²) in [5.41, 5.74) is 0.442.